The Morgan fingerprint density at radius 1 is 1.39 bits per heavy atom. The zero-order valence-corrected chi connectivity index (χ0v) is 10.9. The summed E-state index contributed by atoms with van der Waals surface area (Å²) in [7, 11) is 0. The summed E-state index contributed by atoms with van der Waals surface area (Å²) >= 11 is 0. The Labute approximate surface area is 108 Å². The van der Waals surface area contributed by atoms with Gasteiger partial charge in [0.1, 0.15) is 5.82 Å². The highest BCUT2D eigenvalue weighted by atomic mass is 16.5. The van der Waals surface area contributed by atoms with Crippen LogP contribution in [-0.2, 0) is 4.74 Å². The van der Waals surface area contributed by atoms with Crippen LogP contribution in [0.5, 0.6) is 0 Å². The molecule has 0 spiro atoms. The summed E-state index contributed by atoms with van der Waals surface area (Å²) in [5.41, 5.74) is 7.69. The number of aryl methyl sites for hydroxylation is 1. The van der Waals surface area contributed by atoms with Crippen LogP contribution in [0.15, 0.2) is 12.3 Å². The van der Waals surface area contributed by atoms with Crippen molar-refractivity contribution >= 4 is 11.5 Å². The molecule has 0 bridgehead atoms. The quantitative estimate of drug-likeness (QED) is 0.826. The second kappa shape index (κ2) is 4.76. The molecule has 2 atom stereocenters. The van der Waals surface area contributed by atoms with E-state index in [0.29, 0.717) is 12.1 Å². The van der Waals surface area contributed by atoms with E-state index in [2.05, 4.69) is 16.8 Å². The molecule has 1 saturated heterocycles. The number of nitrogens with two attached hydrogens (primary N) is 1. The van der Waals surface area contributed by atoms with Crippen LogP contribution in [0, 0.1) is 6.92 Å². The molecule has 2 heterocycles. The standard InChI is InChI=1S/C14H21N3O/c1-10-8-11(15)9-16-14(10)17-6-7-18-13-5-3-2-4-12(13)17/h8-9,12-13H,2-7,15H2,1H3. The lowest BCUT2D eigenvalue weighted by atomic mass is 9.90. The number of ether oxygens (including phenoxy) is 1. The lowest BCUT2D eigenvalue weighted by Crippen LogP contribution is -2.53. The number of aromatic nitrogens is 1. The van der Waals surface area contributed by atoms with E-state index in [-0.39, 0.29) is 0 Å². The molecule has 1 saturated carbocycles. The second-order valence-corrected chi connectivity index (χ2v) is 5.36. The van der Waals surface area contributed by atoms with Gasteiger partial charge in [0.15, 0.2) is 0 Å². The molecule has 18 heavy (non-hydrogen) atoms. The van der Waals surface area contributed by atoms with Gasteiger partial charge in [-0.2, -0.15) is 0 Å². The van der Waals surface area contributed by atoms with Crippen molar-refractivity contribution in [1.29, 1.82) is 0 Å². The maximum absolute atomic E-state index is 5.90. The number of fused-ring (bicyclic) bond motifs is 1. The summed E-state index contributed by atoms with van der Waals surface area (Å²) in [4.78, 5) is 6.97. The predicted molar refractivity (Wildman–Crippen MR) is 72.7 cm³/mol. The highest BCUT2D eigenvalue weighted by Crippen LogP contribution is 2.32. The molecule has 2 fully saturated rings. The summed E-state index contributed by atoms with van der Waals surface area (Å²) in [5.74, 6) is 1.09. The third-order valence-corrected chi connectivity index (χ3v) is 4.08. The molecule has 1 aromatic heterocycles. The van der Waals surface area contributed by atoms with Crippen molar-refractivity contribution < 1.29 is 4.74 Å². The minimum atomic E-state index is 0.395. The molecule has 4 heteroatoms. The molecule has 0 radical (unpaired) electrons. The number of rotatable bonds is 1. The maximum atomic E-state index is 5.90. The molecule has 2 aliphatic rings. The van der Waals surface area contributed by atoms with Gasteiger partial charge in [-0.3, -0.25) is 0 Å². The Morgan fingerprint density at radius 3 is 3.06 bits per heavy atom. The number of hydrogen-bond donors (Lipinski definition) is 1. The van der Waals surface area contributed by atoms with E-state index >= 15 is 0 Å². The molecule has 98 valence electrons. The number of anilines is 2. The average molecular weight is 247 g/mol. The topological polar surface area (TPSA) is 51.4 Å². The smallest absolute Gasteiger partial charge is 0.132 e. The van der Waals surface area contributed by atoms with Gasteiger partial charge in [0.25, 0.3) is 0 Å². The van der Waals surface area contributed by atoms with Gasteiger partial charge >= 0.3 is 0 Å². The first-order chi connectivity index (χ1) is 8.75. The van der Waals surface area contributed by atoms with Crippen LogP contribution in [0.4, 0.5) is 11.5 Å². The summed E-state index contributed by atoms with van der Waals surface area (Å²) in [5, 5.41) is 0. The van der Waals surface area contributed by atoms with Crippen molar-refractivity contribution in [3.05, 3.63) is 17.8 Å². The predicted octanol–water partition coefficient (Wildman–Crippen LogP) is 2.12. The van der Waals surface area contributed by atoms with Crippen LogP contribution in [0.1, 0.15) is 31.2 Å². The zero-order valence-electron chi connectivity index (χ0n) is 10.9. The molecule has 2 N–H and O–H groups in total. The monoisotopic (exact) mass is 247 g/mol. The molecule has 0 aromatic carbocycles. The van der Waals surface area contributed by atoms with Gasteiger partial charge in [-0.05, 0) is 31.4 Å². The lowest BCUT2D eigenvalue weighted by molar-refractivity contribution is -0.00902. The number of nitrogen functional groups attached to an aromatic ring is 1. The normalized spacial score (nSPS) is 27.9. The average Bonchev–Trinajstić information content (AvgIpc) is 2.38. The number of hydrogen-bond acceptors (Lipinski definition) is 4. The van der Waals surface area contributed by atoms with Crippen LogP contribution in [0.3, 0.4) is 0 Å². The van der Waals surface area contributed by atoms with E-state index in [1.54, 1.807) is 6.20 Å². The minimum absolute atomic E-state index is 0.395. The van der Waals surface area contributed by atoms with E-state index in [0.717, 1.165) is 24.7 Å². The SMILES string of the molecule is Cc1cc(N)cnc1N1CCOC2CCCCC21. The highest BCUT2D eigenvalue weighted by molar-refractivity contribution is 5.53. The van der Waals surface area contributed by atoms with E-state index < -0.39 is 0 Å². The fourth-order valence-electron chi connectivity index (χ4n) is 3.25. The van der Waals surface area contributed by atoms with E-state index in [1.165, 1.54) is 31.2 Å². The van der Waals surface area contributed by atoms with Crippen LogP contribution < -0.4 is 10.6 Å². The van der Waals surface area contributed by atoms with E-state index in [9.17, 15) is 0 Å². The summed E-state index contributed by atoms with van der Waals surface area (Å²) in [6.07, 6.45) is 7.16. The van der Waals surface area contributed by atoms with Crippen molar-refractivity contribution in [1.82, 2.24) is 4.98 Å². The Morgan fingerprint density at radius 2 is 2.22 bits per heavy atom. The fraction of sp³-hybridized carbons (Fsp3) is 0.643. The van der Waals surface area contributed by atoms with Crippen LogP contribution in [0.2, 0.25) is 0 Å². The van der Waals surface area contributed by atoms with Gasteiger partial charge in [0.2, 0.25) is 0 Å². The molecule has 1 aromatic rings. The van der Waals surface area contributed by atoms with Gasteiger partial charge in [-0.1, -0.05) is 12.8 Å². The highest BCUT2D eigenvalue weighted by Gasteiger charge is 2.35. The zero-order chi connectivity index (χ0) is 12.5. The van der Waals surface area contributed by atoms with Crippen molar-refractivity contribution in [2.45, 2.75) is 44.8 Å². The van der Waals surface area contributed by atoms with Crippen LogP contribution in [0.25, 0.3) is 0 Å². The minimum Gasteiger partial charge on any atom is -0.397 e. The Balaban J connectivity index is 1.89. The van der Waals surface area contributed by atoms with Crippen molar-refractivity contribution in [2.75, 3.05) is 23.8 Å². The number of morpholine rings is 1. The maximum Gasteiger partial charge on any atom is 0.132 e. The third-order valence-electron chi connectivity index (χ3n) is 4.08. The summed E-state index contributed by atoms with van der Waals surface area (Å²) in [6.45, 7) is 3.84. The molecular weight excluding hydrogens is 226 g/mol. The largest absolute Gasteiger partial charge is 0.397 e. The molecule has 4 nitrogen and oxygen atoms in total. The van der Waals surface area contributed by atoms with Crippen LogP contribution >= 0.6 is 0 Å². The van der Waals surface area contributed by atoms with Gasteiger partial charge in [-0.15, -0.1) is 0 Å². The van der Waals surface area contributed by atoms with E-state index in [4.69, 9.17) is 10.5 Å². The molecule has 3 rings (SSSR count). The van der Waals surface area contributed by atoms with Crippen molar-refractivity contribution in [3.8, 4) is 0 Å². The van der Waals surface area contributed by atoms with Gasteiger partial charge in [-0.25, -0.2) is 4.98 Å². The lowest BCUT2D eigenvalue weighted by Gasteiger charge is -2.44. The first-order valence-corrected chi connectivity index (χ1v) is 6.86. The molecule has 1 aliphatic heterocycles. The van der Waals surface area contributed by atoms with Crippen molar-refractivity contribution in [2.24, 2.45) is 0 Å². The van der Waals surface area contributed by atoms with Gasteiger partial charge in [0, 0.05) is 6.54 Å². The second-order valence-electron chi connectivity index (χ2n) is 5.36. The Bertz CT molecular complexity index is 433. The van der Waals surface area contributed by atoms with E-state index in [1.807, 2.05) is 6.07 Å². The Hall–Kier alpha value is -1.29. The Kier molecular flexibility index (Phi) is 3.12. The fourth-order valence-corrected chi connectivity index (χ4v) is 3.25. The first kappa shape index (κ1) is 11.8. The molecule has 2 unspecified atom stereocenters. The number of nitrogens with zero attached hydrogens (tertiary/aromatic N) is 2. The van der Waals surface area contributed by atoms with Crippen molar-refractivity contribution in [3.63, 3.8) is 0 Å². The van der Waals surface area contributed by atoms with Gasteiger partial charge in [0.05, 0.1) is 30.6 Å². The number of pyridine rings is 1. The summed E-state index contributed by atoms with van der Waals surface area (Å²) in [6, 6.07) is 2.51. The first-order valence-electron chi connectivity index (χ1n) is 6.86. The molecular formula is C14H21N3O. The van der Waals surface area contributed by atoms with Gasteiger partial charge < -0.3 is 15.4 Å². The molecule has 1 aliphatic carbocycles. The van der Waals surface area contributed by atoms with Crippen LogP contribution in [-0.4, -0.2) is 30.3 Å². The third kappa shape index (κ3) is 2.05. The summed E-state index contributed by atoms with van der Waals surface area (Å²) < 4.78 is 5.90. The molecule has 0 amide bonds.